The lowest BCUT2D eigenvalue weighted by Gasteiger charge is -2.28. The van der Waals surface area contributed by atoms with Crippen LogP contribution in [0.25, 0.3) is 0 Å². The van der Waals surface area contributed by atoms with Gasteiger partial charge in [0.1, 0.15) is 5.82 Å². The molecule has 3 heterocycles. The van der Waals surface area contributed by atoms with Gasteiger partial charge >= 0.3 is 0 Å². The fourth-order valence-corrected chi connectivity index (χ4v) is 4.41. The number of nitrogens with zero attached hydrogens (tertiary/aromatic N) is 2. The molecule has 21 heavy (non-hydrogen) atoms. The van der Waals surface area contributed by atoms with Crippen LogP contribution in [-0.4, -0.2) is 41.2 Å². The van der Waals surface area contributed by atoms with Gasteiger partial charge in [0.25, 0.3) is 0 Å². The number of rotatable bonds is 1. The number of benzene rings is 1. The third-order valence-electron chi connectivity index (χ3n) is 5.28. The zero-order chi connectivity index (χ0) is 14.7. The van der Waals surface area contributed by atoms with Crippen LogP contribution in [0.5, 0.6) is 0 Å². The highest BCUT2D eigenvalue weighted by Gasteiger charge is 2.62. The molecule has 4 rings (SSSR count). The fraction of sp³-hybridized carbons (Fsp3) is 0.500. The van der Waals surface area contributed by atoms with Crippen LogP contribution in [-0.2, 0) is 9.59 Å². The molecule has 4 atom stereocenters. The minimum atomic E-state index is -0.307. The molecule has 0 aromatic heterocycles. The summed E-state index contributed by atoms with van der Waals surface area (Å²) in [4.78, 5) is 28.4. The minimum absolute atomic E-state index is 0.0495. The van der Waals surface area contributed by atoms with Gasteiger partial charge in [0.05, 0.1) is 11.8 Å². The molecule has 0 radical (unpaired) electrons. The van der Waals surface area contributed by atoms with E-state index in [4.69, 9.17) is 0 Å². The number of fused-ring (bicyclic) bond motifs is 3. The summed E-state index contributed by atoms with van der Waals surface area (Å²) in [5.41, 5.74) is 0.937. The number of imide groups is 1. The van der Waals surface area contributed by atoms with Crippen molar-refractivity contribution in [2.45, 2.75) is 24.9 Å². The molecule has 0 bridgehead atoms. The first-order valence-electron chi connectivity index (χ1n) is 7.42. The lowest BCUT2D eigenvalue weighted by atomic mass is 9.85. The molecule has 3 fully saturated rings. The number of amides is 2. The molecule has 0 unspecified atom stereocenters. The topological polar surface area (TPSA) is 40.6 Å². The predicted octanol–water partition coefficient (Wildman–Crippen LogP) is 1.58. The number of carbonyl (C=O) groups is 2. The summed E-state index contributed by atoms with van der Waals surface area (Å²) >= 11 is 0. The molecule has 3 aliphatic rings. The first kappa shape index (κ1) is 13.0. The second-order valence-electron chi connectivity index (χ2n) is 6.23. The normalized spacial score (nSPS) is 35.4. The van der Waals surface area contributed by atoms with Gasteiger partial charge in [-0.2, -0.15) is 0 Å². The van der Waals surface area contributed by atoms with E-state index in [0.29, 0.717) is 0 Å². The molecule has 0 N–H and O–H groups in total. The van der Waals surface area contributed by atoms with E-state index in [2.05, 4.69) is 4.90 Å². The largest absolute Gasteiger partial charge is 0.292 e. The van der Waals surface area contributed by atoms with Crippen molar-refractivity contribution < 1.29 is 14.0 Å². The van der Waals surface area contributed by atoms with Crippen LogP contribution in [0.4, 0.5) is 4.39 Å². The Kier molecular flexibility index (Phi) is 2.70. The van der Waals surface area contributed by atoms with Gasteiger partial charge in [-0.1, -0.05) is 12.1 Å². The van der Waals surface area contributed by atoms with Crippen LogP contribution in [0, 0.1) is 17.7 Å². The van der Waals surface area contributed by atoms with Gasteiger partial charge in [-0.05, 0) is 37.1 Å². The molecule has 3 aliphatic heterocycles. The van der Waals surface area contributed by atoms with Crippen LogP contribution >= 0.6 is 0 Å². The molecule has 0 aliphatic carbocycles. The number of likely N-dealkylation sites (tertiary alicyclic amines) is 1. The Labute approximate surface area is 122 Å². The van der Waals surface area contributed by atoms with Gasteiger partial charge in [-0.15, -0.1) is 0 Å². The standard InChI is InChI=1S/C16H17FN2O2/c1-18-15(20)12-11-3-2-8-19(11)14(13(12)16(18)21)9-4-6-10(17)7-5-9/h4-7,11-14H,2-3,8H2,1H3/t11-,12-,13+,14+/m0/s1. The zero-order valence-corrected chi connectivity index (χ0v) is 11.8. The van der Waals surface area contributed by atoms with E-state index in [1.165, 1.54) is 17.0 Å². The molecule has 110 valence electrons. The maximum absolute atomic E-state index is 13.2. The molecule has 1 aromatic carbocycles. The smallest absolute Gasteiger partial charge is 0.234 e. The number of carbonyl (C=O) groups excluding carboxylic acids is 2. The molecule has 1 aromatic rings. The van der Waals surface area contributed by atoms with Crippen LogP contribution in [0.15, 0.2) is 24.3 Å². The highest BCUT2D eigenvalue weighted by atomic mass is 19.1. The maximum atomic E-state index is 13.2. The highest BCUT2D eigenvalue weighted by Crippen LogP contribution is 2.52. The Morgan fingerprint density at radius 1 is 1.10 bits per heavy atom. The van der Waals surface area contributed by atoms with Crippen LogP contribution < -0.4 is 0 Å². The first-order valence-corrected chi connectivity index (χ1v) is 7.42. The average Bonchev–Trinajstić information content (AvgIpc) is 3.10. The zero-order valence-electron chi connectivity index (χ0n) is 11.8. The summed E-state index contributed by atoms with van der Waals surface area (Å²) in [5, 5.41) is 0. The fourth-order valence-electron chi connectivity index (χ4n) is 4.41. The van der Waals surface area contributed by atoms with Gasteiger partial charge in [0.15, 0.2) is 0 Å². The summed E-state index contributed by atoms with van der Waals surface area (Å²) in [7, 11) is 1.57. The summed E-state index contributed by atoms with van der Waals surface area (Å²) in [6, 6.07) is 6.41. The second-order valence-corrected chi connectivity index (χ2v) is 6.23. The molecule has 5 heteroatoms. The van der Waals surface area contributed by atoms with Gasteiger partial charge < -0.3 is 0 Å². The third kappa shape index (κ3) is 1.64. The van der Waals surface area contributed by atoms with E-state index in [1.807, 2.05) is 0 Å². The van der Waals surface area contributed by atoms with Gasteiger partial charge in [0.2, 0.25) is 11.8 Å². The van der Waals surface area contributed by atoms with Crippen molar-refractivity contribution >= 4 is 11.8 Å². The van der Waals surface area contributed by atoms with E-state index >= 15 is 0 Å². The van der Waals surface area contributed by atoms with Crippen molar-refractivity contribution in [3.05, 3.63) is 35.6 Å². The summed E-state index contributed by atoms with van der Waals surface area (Å²) in [5.74, 6) is -0.948. The van der Waals surface area contributed by atoms with Crippen LogP contribution in [0.2, 0.25) is 0 Å². The predicted molar refractivity (Wildman–Crippen MR) is 73.6 cm³/mol. The lowest BCUT2D eigenvalue weighted by Crippen LogP contribution is -2.37. The van der Waals surface area contributed by atoms with E-state index in [-0.39, 0.29) is 41.6 Å². The molecule has 2 amide bonds. The first-order chi connectivity index (χ1) is 10.1. The average molecular weight is 288 g/mol. The molecule has 0 saturated carbocycles. The van der Waals surface area contributed by atoms with E-state index in [9.17, 15) is 14.0 Å². The lowest BCUT2D eigenvalue weighted by molar-refractivity contribution is -0.139. The van der Waals surface area contributed by atoms with Crippen molar-refractivity contribution in [1.82, 2.24) is 9.80 Å². The number of halogens is 1. The Morgan fingerprint density at radius 2 is 1.76 bits per heavy atom. The Balaban J connectivity index is 1.80. The highest BCUT2D eigenvalue weighted by molar-refractivity contribution is 6.06. The van der Waals surface area contributed by atoms with Crippen molar-refractivity contribution in [3.63, 3.8) is 0 Å². The van der Waals surface area contributed by atoms with Crippen molar-refractivity contribution in [3.8, 4) is 0 Å². The summed E-state index contributed by atoms with van der Waals surface area (Å²) in [6.45, 7) is 0.907. The number of hydrogen-bond acceptors (Lipinski definition) is 3. The van der Waals surface area contributed by atoms with E-state index in [1.54, 1.807) is 19.2 Å². The van der Waals surface area contributed by atoms with Crippen molar-refractivity contribution in [2.24, 2.45) is 11.8 Å². The third-order valence-corrected chi connectivity index (χ3v) is 5.28. The molecular formula is C16H17FN2O2. The monoisotopic (exact) mass is 288 g/mol. The number of hydrogen-bond donors (Lipinski definition) is 0. The minimum Gasteiger partial charge on any atom is -0.292 e. The van der Waals surface area contributed by atoms with E-state index in [0.717, 1.165) is 24.9 Å². The van der Waals surface area contributed by atoms with Crippen molar-refractivity contribution in [1.29, 1.82) is 0 Å². The Morgan fingerprint density at radius 3 is 2.48 bits per heavy atom. The Bertz CT molecular complexity index is 615. The molecule has 3 saturated heterocycles. The second kappa shape index (κ2) is 4.37. The molecule has 4 nitrogen and oxygen atoms in total. The van der Waals surface area contributed by atoms with Crippen LogP contribution in [0.1, 0.15) is 24.4 Å². The molecular weight excluding hydrogens is 271 g/mol. The Hall–Kier alpha value is -1.75. The maximum Gasteiger partial charge on any atom is 0.234 e. The van der Waals surface area contributed by atoms with Gasteiger partial charge in [-0.3, -0.25) is 19.4 Å². The van der Waals surface area contributed by atoms with E-state index < -0.39 is 0 Å². The quantitative estimate of drug-likeness (QED) is 0.737. The molecule has 0 spiro atoms. The van der Waals surface area contributed by atoms with Crippen LogP contribution in [0.3, 0.4) is 0 Å². The van der Waals surface area contributed by atoms with Crippen molar-refractivity contribution in [2.75, 3.05) is 13.6 Å². The summed E-state index contributed by atoms with van der Waals surface area (Å²) in [6.07, 6.45) is 2.02. The summed E-state index contributed by atoms with van der Waals surface area (Å²) < 4.78 is 13.2. The van der Waals surface area contributed by atoms with Gasteiger partial charge in [-0.25, -0.2) is 4.39 Å². The van der Waals surface area contributed by atoms with Gasteiger partial charge in [0, 0.05) is 19.1 Å². The SMILES string of the molecule is CN1C(=O)[C@@H]2[C@@H](C1=O)[C@@H]1CCCN1[C@@H]2c1ccc(F)cc1.